The van der Waals surface area contributed by atoms with Gasteiger partial charge in [-0.2, -0.15) is 10.2 Å². The van der Waals surface area contributed by atoms with Gasteiger partial charge in [0, 0.05) is 24.2 Å². The fourth-order valence-corrected chi connectivity index (χ4v) is 5.74. The molecule has 1 aromatic rings. The standard InChI is InChI=1S/C26H37N3O4/c1-17-14-29(15-18(2)33-17)24(30)16-32-21-8-7-19(11-22(21)31-6)13-27-28-23-12-20-9-10-26(23,5)25(20,3)4/h7-8,11,13,17-18,20H,9-10,12,14-16H2,1-6H3/b27-13-,28-23+/t17-,18-,20+,26+/m1/s1. The molecule has 0 unspecified atom stereocenters. The van der Waals surface area contributed by atoms with E-state index >= 15 is 0 Å². The van der Waals surface area contributed by atoms with E-state index in [-0.39, 0.29) is 35.6 Å². The van der Waals surface area contributed by atoms with Crippen LogP contribution in [-0.4, -0.2) is 61.7 Å². The van der Waals surface area contributed by atoms with E-state index in [0.717, 1.165) is 12.0 Å². The summed E-state index contributed by atoms with van der Waals surface area (Å²) in [5.41, 5.74) is 2.53. The van der Waals surface area contributed by atoms with Crippen LogP contribution in [0.25, 0.3) is 0 Å². The molecule has 2 bridgehead atoms. The van der Waals surface area contributed by atoms with Crippen LogP contribution in [0.5, 0.6) is 11.5 Å². The normalized spacial score (nSPS) is 32.0. The highest BCUT2D eigenvalue weighted by Gasteiger charge is 2.60. The Bertz CT molecular complexity index is 947. The van der Waals surface area contributed by atoms with E-state index in [1.54, 1.807) is 18.2 Å². The highest BCUT2D eigenvalue weighted by molar-refractivity contribution is 5.94. The van der Waals surface area contributed by atoms with E-state index in [9.17, 15) is 4.79 Å². The molecule has 4 rings (SSSR count). The highest BCUT2D eigenvalue weighted by Crippen LogP contribution is 2.64. The second-order valence-electron chi connectivity index (χ2n) is 10.5. The summed E-state index contributed by atoms with van der Waals surface area (Å²) in [6, 6.07) is 5.57. The number of benzene rings is 1. The Hall–Kier alpha value is -2.41. The SMILES string of the molecule is COc1cc(/C=N\N=C2/C[C@@H]3CC[C@]2(C)C3(C)C)ccc1OCC(=O)N1C[C@@H](C)O[C@H](C)C1. The maximum Gasteiger partial charge on any atom is 0.260 e. The summed E-state index contributed by atoms with van der Waals surface area (Å²) in [4.78, 5) is 14.4. The molecule has 33 heavy (non-hydrogen) atoms. The Labute approximate surface area is 197 Å². The number of hydrogen-bond acceptors (Lipinski definition) is 6. The molecule has 1 saturated heterocycles. The molecule has 1 amide bonds. The lowest BCUT2D eigenvalue weighted by molar-refractivity contribution is -0.145. The minimum atomic E-state index is -0.0530. The van der Waals surface area contributed by atoms with Crippen LogP contribution in [0.4, 0.5) is 0 Å². The minimum absolute atomic E-state index is 0.0300. The maximum atomic E-state index is 12.6. The second-order valence-corrected chi connectivity index (χ2v) is 10.5. The first kappa shape index (κ1) is 23.7. The first-order valence-electron chi connectivity index (χ1n) is 12.0. The molecule has 2 aliphatic carbocycles. The van der Waals surface area contributed by atoms with Crippen molar-refractivity contribution in [3.8, 4) is 11.5 Å². The summed E-state index contributed by atoms with van der Waals surface area (Å²) in [6.07, 6.45) is 5.34. The largest absolute Gasteiger partial charge is 0.493 e. The fraction of sp³-hybridized carbons (Fsp3) is 0.654. The van der Waals surface area contributed by atoms with E-state index < -0.39 is 0 Å². The number of carbonyl (C=O) groups excluding carboxylic acids is 1. The van der Waals surface area contributed by atoms with E-state index in [1.165, 1.54) is 18.6 Å². The van der Waals surface area contributed by atoms with Gasteiger partial charge in [-0.25, -0.2) is 0 Å². The van der Waals surface area contributed by atoms with Crippen LogP contribution < -0.4 is 9.47 Å². The molecule has 7 heteroatoms. The van der Waals surface area contributed by atoms with Gasteiger partial charge in [0.25, 0.3) is 5.91 Å². The number of methoxy groups -OCH3 is 1. The number of nitrogens with zero attached hydrogens (tertiary/aromatic N) is 3. The Morgan fingerprint density at radius 1 is 1.21 bits per heavy atom. The zero-order valence-electron chi connectivity index (χ0n) is 20.8. The number of amides is 1. The molecule has 1 aliphatic heterocycles. The van der Waals surface area contributed by atoms with Crippen molar-refractivity contribution in [3.63, 3.8) is 0 Å². The number of hydrogen-bond donors (Lipinski definition) is 0. The Morgan fingerprint density at radius 2 is 1.94 bits per heavy atom. The molecule has 1 aromatic carbocycles. The molecule has 0 spiro atoms. The van der Waals surface area contributed by atoms with E-state index in [0.29, 0.717) is 30.5 Å². The van der Waals surface area contributed by atoms with Gasteiger partial charge in [-0.1, -0.05) is 20.8 Å². The third-order valence-corrected chi connectivity index (χ3v) is 8.21. The molecule has 7 nitrogen and oxygen atoms in total. The Kier molecular flexibility index (Phi) is 6.54. The van der Waals surface area contributed by atoms with Crippen LogP contribution >= 0.6 is 0 Å². The smallest absolute Gasteiger partial charge is 0.260 e. The van der Waals surface area contributed by atoms with Crippen LogP contribution in [0, 0.1) is 16.7 Å². The maximum absolute atomic E-state index is 12.6. The number of fused-ring (bicyclic) bond motifs is 2. The first-order valence-corrected chi connectivity index (χ1v) is 12.0. The molecule has 0 radical (unpaired) electrons. The molecular weight excluding hydrogens is 418 g/mol. The van der Waals surface area contributed by atoms with E-state index in [4.69, 9.17) is 14.2 Å². The second kappa shape index (κ2) is 9.09. The summed E-state index contributed by atoms with van der Waals surface area (Å²) in [5, 5.41) is 9.03. The molecule has 0 N–H and O–H groups in total. The summed E-state index contributed by atoms with van der Waals surface area (Å²) in [6.45, 7) is 12.1. The quantitative estimate of drug-likeness (QED) is 0.473. The first-order chi connectivity index (χ1) is 15.6. The molecule has 4 atom stereocenters. The number of morpholine rings is 1. The van der Waals surface area contributed by atoms with Crippen molar-refractivity contribution in [2.75, 3.05) is 26.8 Å². The van der Waals surface area contributed by atoms with Crippen molar-refractivity contribution in [2.45, 2.75) is 66.1 Å². The lowest BCUT2D eigenvalue weighted by Crippen LogP contribution is -2.49. The average Bonchev–Trinajstić information content (AvgIpc) is 3.10. The van der Waals surface area contributed by atoms with Gasteiger partial charge < -0.3 is 19.1 Å². The lowest BCUT2D eigenvalue weighted by Gasteiger charge is -2.35. The molecule has 1 heterocycles. The number of rotatable bonds is 6. The van der Waals surface area contributed by atoms with Gasteiger partial charge in [0.15, 0.2) is 18.1 Å². The number of carbonyl (C=O) groups is 1. The lowest BCUT2D eigenvalue weighted by atomic mass is 9.70. The van der Waals surface area contributed by atoms with Gasteiger partial charge in [0.05, 0.1) is 25.5 Å². The van der Waals surface area contributed by atoms with Gasteiger partial charge in [-0.3, -0.25) is 4.79 Å². The van der Waals surface area contributed by atoms with Crippen molar-refractivity contribution >= 4 is 17.8 Å². The highest BCUT2D eigenvalue weighted by atomic mass is 16.5. The third-order valence-electron chi connectivity index (χ3n) is 8.21. The third kappa shape index (κ3) is 4.52. The van der Waals surface area contributed by atoms with Crippen LogP contribution in [-0.2, 0) is 9.53 Å². The van der Waals surface area contributed by atoms with Crippen LogP contribution in [0.15, 0.2) is 28.4 Å². The minimum Gasteiger partial charge on any atom is -0.493 e. The average molecular weight is 456 g/mol. The van der Waals surface area contributed by atoms with Crippen molar-refractivity contribution in [1.29, 1.82) is 0 Å². The number of ether oxygens (including phenoxy) is 3. The van der Waals surface area contributed by atoms with Crippen LogP contribution in [0.2, 0.25) is 0 Å². The van der Waals surface area contributed by atoms with E-state index in [2.05, 4.69) is 31.0 Å². The summed E-state index contributed by atoms with van der Waals surface area (Å²) in [7, 11) is 1.59. The zero-order chi connectivity index (χ0) is 23.8. The van der Waals surface area contributed by atoms with Crippen LogP contribution in [0.3, 0.4) is 0 Å². The van der Waals surface area contributed by atoms with Gasteiger partial charge in [-0.15, -0.1) is 0 Å². The monoisotopic (exact) mass is 455 g/mol. The predicted molar refractivity (Wildman–Crippen MR) is 129 cm³/mol. The molecule has 2 saturated carbocycles. The molecule has 3 aliphatic rings. The topological polar surface area (TPSA) is 72.7 Å². The van der Waals surface area contributed by atoms with Gasteiger partial charge >= 0.3 is 0 Å². The van der Waals surface area contributed by atoms with Gasteiger partial charge in [-0.05, 0) is 68.2 Å². The van der Waals surface area contributed by atoms with Crippen molar-refractivity contribution in [3.05, 3.63) is 23.8 Å². The van der Waals surface area contributed by atoms with Crippen molar-refractivity contribution < 1.29 is 19.0 Å². The zero-order valence-corrected chi connectivity index (χ0v) is 20.8. The summed E-state index contributed by atoms with van der Waals surface area (Å²) in [5.74, 6) is 1.75. The van der Waals surface area contributed by atoms with Gasteiger partial charge in [0.1, 0.15) is 0 Å². The molecule has 180 valence electrons. The molecule has 3 fully saturated rings. The summed E-state index contributed by atoms with van der Waals surface area (Å²) < 4.78 is 17.0. The Balaban J connectivity index is 1.39. The summed E-state index contributed by atoms with van der Waals surface area (Å²) >= 11 is 0. The van der Waals surface area contributed by atoms with Gasteiger partial charge in [0.2, 0.25) is 0 Å². The molecular formula is C26H37N3O4. The Morgan fingerprint density at radius 3 is 2.55 bits per heavy atom. The molecule has 0 aromatic heterocycles. The van der Waals surface area contributed by atoms with Crippen molar-refractivity contribution in [2.24, 2.45) is 27.0 Å². The van der Waals surface area contributed by atoms with Crippen molar-refractivity contribution in [1.82, 2.24) is 4.90 Å². The van der Waals surface area contributed by atoms with E-state index in [1.807, 2.05) is 32.0 Å². The van der Waals surface area contributed by atoms with Crippen LogP contribution in [0.1, 0.15) is 59.4 Å². The predicted octanol–water partition coefficient (Wildman–Crippen LogP) is 4.33. The fourth-order valence-electron chi connectivity index (χ4n) is 5.74.